The molecule has 4 aromatic rings. The summed E-state index contributed by atoms with van der Waals surface area (Å²) < 4.78 is 42.5. The Morgan fingerprint density at radius 1 is 0.980 bits per heavy atom. The van der Waals surface area contributed by atoms with Gasteiger partial charge >= 0.3 is 16.2 Å². The molecule has 3 heterocycles. The Balaban J connectivity index is 1.42. The van der Waals surface area contributed by atoms with Crippen LogP contribution in [0.3, 0.4) is 0 Å². The van der Waals surface area contributed by atoms with Crippen LogP contribution in [0.25, 0.3) is 10.9 Å². The minimum absolute atomic E-state index is 0.0319. The molecule has 4 atom stereocenters. The molecule has 11 heteroatoms. The highest BCUT2D eigenvalue weighted by Gasteiger charge is 2.46. The Bertz CT molecular complexity index is 1980. The third-order valence-corrected chi connectivity index (χ3v) is 12.8. The Labute approximate surface area is 288 Å². The van der Waals surface area contributed by atoms with Crippen LogP contribution < -0.4 is 9.46 Å². The summed E-state index contributed by atoms with van der Waals surface area (Å²) in [6.45, 7) is 0.383. The highest BCUT2D eigenvalue weighted by atomic mass is 32.2. The van der Waals surface area contributed by atoms with Crippen LogP contribution in [-0.4, -0.2) is 62.5 Å². The zero-order valence-corrected chi connectivity index (χ0v) is 29.5. The second-order valence-electron chi connectivity index (χ2n) is 14.2. The maximum atomic E-state index is 13.7. The summed E-state index contributed by atoms with van der Waals surface area (Å²) in [5, 5.41) is 1.05. The number of hydrogen-bond acceptors (Lipinski definition) is 6. The molecule has 2 aliphatic carbocycles. The summed E-state index contributed by atoms with van der Waals surface area (Å²) in [7, 11) is 1.90. The molecule has 0 spiro atoms. The molecule has 2 saturated carbocycles. The van der Waals surface area contributed by atoms with E-state index in [4.69, 9.17) is 9.47 Å². The Morgan fingerprint density at radius 3 is 2.43 bits per heavy atom. The number of amides is 1. The monoisotopic (exact) mass is 686 g/mol. The fourth-order valence-electron chi connectivity index (χ4n) is 8.93. The van der Waals surface area contributed by atoms with Gasteiger partial charge in [0.05, 0.1) is 32.2 Å². The van der Waals surface area contributed by atoms with Crippen LogP contribution in [0.15, 0.2) is 54.7 Å². The number of nitrogens with one attached hydrogen (secondary N) is 2. The van der Waals surface area contributed by atoms with Crippen LogP contribution in [0.1, 0.15) is 101 Å². The topological polar surface area (TPSA) is 123 Å². The van der Waals surface area contributed by atoms with E-state index >= 15 is 0 Å². The van der Waals surface area contributed by atoms with Crippen LogP contribution in [0.2, 0.25) is 0 Å². The van der Waals surface area contributed by atoms with Crippen LogP contribution in [0.4, 0.5) is 0 Å². The van der Waals surface area contributed by atoms with Crippen LogP contribution in [-0.2, 0) is 32.7 Å². The number of fused-ring (bicyclic) bond motifs is 7. The van der Waals surface area contributed by atoms with E-state index in [-0.39, 0.29) is 35.3 Å². The van der Waals surface area contributed by atoms with Gasteiger partial charge in [-0.05, 0) is 78.7 Å². The first-order valence-corrected chi connectivity index (χ1v) is 18.8. The lowest BCUT2D eigenvalue weighted by molar-refractivity contribution is -0.149. The molecule has 2 aromatic carbocycles. The zero-order valence-electron chi connectivity index (χ0n) is 28.7. The van der Waals surface area contributed by atoms with Crippen molar-refractivity contribution in [3.8, 4) is 5.75 Å². The quantitative estimate of drug-likeness (QED) is 0.212. The number of ether oxygens (including phenoxy) is 2. The van der Waals surface area contributed by atoms with Gasteiger partial charge in [0.2, 0.25) is 0 Å². The molecule has 260 valence electrons. The Morgan fingerprint density at radius 2 is 1.73 bits per heavy atom. The SMILES string of the molecule is COC(=O)[C@@H]1CC2c3c[nH]c(C(=O)NS(=O)(=O)N(C)C)c3Cn3c(cc4c(OC)ccc(C5CCCCC5)c43)[C@@H]2CC1Cc1ccccc1. The molecule has 0 radical (unpaired) electrons. The number of methoxy groups -OCH3 is 2. The van der Waals surface area contributed by atoms with Crippen LogP contribution >= 0.6 is 0 Å². The summed E-state index contributed by atoms with van der Waals surface area (Å²) >= 11 is 0. The van der Waals surface area contributed by atoms with E-state index in [9.17, 15) is 18.0 Å². The number of hydrogen-bond donors (Lipinski definition) is 2. The van der Waals surface area contributed by atoms with E-state index in [0.29, 0.717) is 18.9 Å². The van der Waals surface area contributed by atoms with Crippen molar-refractivity contribution in [3.05, 3.63) is 88.4 Å². The number of esters is 1. The van der Waals surface area contributed by atoms with Gasteiger partial charge < -0.3 is 19.0 Å². The fourth-order valence-corrected chi connectivity index (χ4v) is 9.45. The number of carbonyl (C=O) groups excluding carboxylic acids is 2. The van der Waals surface area contributed by atoms with Gasteiger partial charge in [-0.2, -0.15) is 12.7 Å². The average molecular weight is 687 g/mol. The third kappa shape index (κ3) is 6.05. The van der Waals surface area contributed by atoms with Crippen molar-refractivity contribution < 1.29 is 27.5 Å². The number of rotatable bonds is 8. The molecule has 49 heavy (non-hydrogen) atoms. The lowest BCUT2D eigenvalue weighted by atomic mass is 9.64. The largest absolute Gasteiger partial charge is 0.496 e. The van der Waals surface area contributed by atoms with Gasteiger partial charge in [0.1, 0.15) is 11.4 Å². The van der Waals surface area contributed by atoms with Crippen molar-refractivity contribution in [2.75, 3.05) is 28.3 Å². The predicted molar refractivity (Wildman–Crippen MR) is 188 cm³/mol. The van der Waals surface area contributed by atoms with Crippen LogP contribution in [0.5, 0.6) is 5.75 Å². The number of carbonyl (C=O) groups is 2. The summed E-state index contributed by atoms with van der Waals surface area (Å²) in [4.78, 5) is 30.4. The Kier molecular flexibility index (Phi) is 9.08. The van der Waals surface area contributed by atoms with Crippen molar-refractivity contribution in [3.63, 3.8) is 0 Å². The van der Waals surface area contributed by atoms with Crippen molar-refractivity contribution in [1.29, 1.82) is 0 Å². The van der Waals surface area contributed by atoms with Gasteiger partial charge in [-0.15, -0.1) is 0 Å². The maximum Gasteiger partial charge on any atom is 0.308 e. The molecule has 2 aromatic heterocycles. The lowest BCUT2D eigenvalue weighted by Crippen LogP contribution is -2.40. The van der Waals surface area contributed by atoms with Crippen molar-refractivity contribution in [2.45, 2.75) is 75.7 Å². The second-order valence-corrected chi connectivity index (χ2v) is 16.1. The maximum absolute atomic E-state index is 13.7. The first kappa shape index (κ1) is 33.4. The van der Waals surface area contributed by atoms with Gasteiger partial charge in [0.15, 0.2) is 0 Å². The highest BCUT2D eigenvalue weighted by molar-refractivity contribution is 7.87. The molecular formula is C38H46N4O6S. The molecule has 10 nitrogen and oxygen atoms in total. The van der Waals surface area contributed by atoms with Gasteiger partial charge in [-0.3, -0.25) is 9.59 Å². The van der Waals surface area contributed by atoms with Crippen molar-refractivity contribution >= 4 is 33.0 Å². The molecule has 2 N–H and O–H groups in total. The van der Waals surface area contributed by atoms with E-state index in [0.717, 1.165) is 63.5 Å². The van der Waals surface area contributed by atoms with E-state index in [1.165, 1.54) is 51.6 Å². The molecule has 3 aliphatic rings. The first-order chi connectivity index (χ1) is 23.6. The summed E-state index contributed by atoms with van der Waals surface area (Å²) in [5.74, 6) is -0.0932. The highest BCUT2D eigenvalue weighted by Crippen LogP contribution is 2.54. The first-order valence-electron chi connectivity index (χ1n) is 17.4. The smallest absolute Gasteiger partial charge is 0.308 e. The molecule has 2 unspecified atom stereocenters. The summed E-state index contributed by atoms with van der Waals surface area (Å²) in [5.41, 5.74) is 6.67. The van der Waals surface area contributed by atoms with E-state index < -0.39 is 16.1 Å². The zero-order chi connectivity index (χ0) is 34.4. The van der Waals surface area contributed by atoms with Gasteiger partial charge in [0.25, 0.3) is 5.91 Å². The standard InChI is InChI=1S/C38H46N4O6S/c1-41(2)49(45,46)40-37(43)35-32-22-42-33(20-30-34(47-3)16-15-26(36(30)42)24-13-9-6-10-14-24)29-18-25(17-23-11-7-5-8-12-23)27(38(44)48-4)19-28(29)31(32)21-39-35/h5,7-8,11-12,15-16,20-21,24-25,27-29,39H,6,9-10,13-14,17-19,22H2,1-4H3,(H,40,43)/t25?,27-,28?,29-/m1/s1. The minimum atomic E-state index is -4.03. The lowest BCUT2D eigenvalue weighted by Gasteiger charge is -2.40. The predicted octanol–water partition coefficient (Wildman–Crippen LogP) is 6.23. The fraction of sp³-hybridized carbons (Fsp3) is 0.474. The van der Waals surface area contributed by atoms with E-state index in [1.807, 2.05) is 24.4 Å². The molecule has 2 fully saturated rings. The molecule has 7 rings (SSSR count). The summed E-state index contributed by atoms with van der Waals surface area (Å²) in [6, 6.07) is 16.9. The number of aromatic amines is 1. The van der Waals surface area contributed by atoms with E-state index in [1.54, 1.807) is 7.11 Å². The third-order valence-electron chi connectivity index (χ3n) is 11.4. The normalized spacial score (nSPS) is 22.6. The second kappa shape index (κ2) is 13.3. The van der Waals surface area contributed by atoms with Gasteiger partial charge in [-0.25, -0.2) is 4.72 Å². The van der Waals surface area contributed by atoms with E-state index in [2.05, 4.69) is 44.6 Å². The van der Waals surface area contributed by atoms with Crippen LogP contribution in [0, 0.1) is 11.8 Å². The number of aromatic nitrogens is 2. The van der Waals surface area contributed by atoms with Gasteiger partial charge in [-0.1, -0.05) is 55.7 Å². The van der Waals surface area contributed by atoms with Crippen molar-refractivity contribution in [1.82, 2.24) is 18.6 Å². The molecule has 0 saturated heterocycles. The average Bonchev–Trinajstić information content (AvgIpc) is 3.67. The molecule has 1 amide bonds. The summed E-state index contributed by atoms with van der Waals surface area (Å²) in [6.07, 6.45) is 9.78. The number of benzene rings is 2. The van der Waals surface area contributed by atoms with Gasteiger partial charge in [0, 0.05) is 42.9 Å². The van der Waals surface area contributed by atoms with Crippen molar-refractivity contribution in [2.24, 2.45) is 11.8 Å². The minimum Gasteiger partial charge on any atom is -0.496 e. The Hall–Kier alpha value is -4.09. The molecule has 1 aliphatic heterocycles. The number of nitrogens with zero attached hydrogens (tertiary/aromatic N) is 2. The molecular weight excluding hydrogens is 641 g/mol. The molecule has 0 bridgehead atoms. The number of H-pyrrole nitrogens is 1.